The Morgan fingerprint density at radius 2 is 2.53 bits per heavy atom. The highest BCUT2D eigenvalue weighted by Crippen LogP contribution is 2.09. The molecule has 1 amide bonds. The van der Waals surface area contributed by atoms with Crippen molar-refractivity contribution in [1.82, 2.24) is 31.1 Å². The summed E-state index contributed by atoms with van der Waals surface area (Å²) in [6, 6.07) is 1.59. The predicted octanol–water partition coefficient (Wildman–Crippen LogP) is -0.809. The van der Waals surface area contributed by atoms with E-state index < -0.39 is 0 Å². The van der Waals surface area contributed by atoms with Gasteiger partial charge >= 0.3 is 0 Å². The number of H-pyrrole nitrogens is 1. The van der Waals surface area contributed by atoms with Crippen LogP contribution in [0.1, 0.15) is 11.6 Å². The zero-order valence-corrected chi connectivity index (χ0v) is 9.01. The van der Waals surface area contributed by atoms with E-state index in [0.717, 1.165) is 0 Å². The van der Waals surface area contributed by atoms with E-state index in [1.54, 1.807) is 13.0 Å². The van der Waals surface area contributed by atoms with Crippen LogP contribution in [0.5, 0.6) is 5.88 Å². The average Bonchev–Trinajstić information content (AvgIpc) is 2.95. The number of tetrazole rings is 1. The highest BCUT2D eigenvalue weighted by Gasteiger charge is 2.06. The number of hydrogen-bond acceptors (Lipinski definition) is 7. The number of ether oxygens (including phenoxy) is 1. The number of amides is 1. The lowest BCUT2D eigenvalue weighted by atomic mass is 10.5. The molecular formula is C8H10N6O3. The van der Waals surface area contributed by atoms with E-state index in [4.69, 9.17) is 9.26 Å². The predicted molar refractivity (Wildman–Crippen MR) is 52.8 cm³/mol. The van der Waals surface area contributed by atoms with Crippen LogP contribution in [0.2, 0.25) is 0 Å². The third kappa shape index (κ3) is 3.26. The largest absolute Gasteiger partial charge is 0.465 e. The van der Waals surface area contributed by atoms with Crippen LogP contribution < -0.4 is 10.1 Å². The van der Waals surface area contributed by atoms with Crippen molar-refractivity contribution in [3.05, 3.63) is 17.7 Å². The molecular weight excluding hydrogens is 228 g/mol. The van der Waals surface area contributed by atoms with Gasteiger partial charge in [0.1, 0.15) is 5.76 Å². The Hall–Kier alpha value is -2.45. The third-order valence-corrected chi connectivity index (χ3v) is 1.79. The Morgan fingerprint density at radius 3 is 3.18 bits per heavy atom. The molecule has 2 rings (SSSR count). The van der Waals surface area contributed by atoms with Crippen molar-refractivity contribution >= 4 is 5.91 Å². The second kappa shape index (κ2) is 5.05. The number of aromatic nitrogens is 5. The molecule has 0 bridgehead atoms. The van der Waals surface area contributed by atoms with Crippen molar-refractivity contribution in [2.24, 2.45) is 0 Å². The molecule has 9 nitrogen and oxygen atoms in total. The highest BCUT2D eigenvalue weighted by atomic mass is 16.5. The van der Waals surface area contributed by atoms with E-state index in [-0.39, 0.29) is 24.9 Å². The van der Waals surface area contributed by atoms with E-state index >= 15 is 0 Å². The molecule has 2 aromatic rings. The maximum atomic E-state index is 11.3. The fourth-order valence-corrected chi connectivity index (χ4v) is 1.04. The van der Waals surface area contributed by atoms with Gasteiger partial charge in [0.15, 0.2) is 12.4 Å². The molecule has 0 saturated heterocycles. The normalized spacial score (nSPS) is 10.2. The zero-order valence-electron chi connectivity index (χ0n) is 9.01. The van der Waals surface area contributed by atoms with Crippen molar-refractivity contribution in [2.75, 3.05) is 6.61 Å². The first kappa shape index (κ1) is 11.0. The first-order valence-corrected chi connectivity index (χ1v) is 4.79. The maximum Gasteiger partial charge on any atom is 0.258 e. The zero-order chi connectivity index (χ0) is 12.1. The Labute approximate surface area is 95.5 Å². The van der Waals surface area contributed by atoms with Gasteiger partial charge in [0.25, 0.3) is 11.8 Å². The number of rotatable bonds is 5. The molecule has 0 atom stereocenters. The molecule has 0 aliphatic carbocycles. The molecule has 0 aliphatic rings. The van der Waals surface area contributed by atoms with Gasteiger partial charge in [-0.2, -0.15) is 5.21 Å². The minimum Gasteiger partial charge on any atom is -0.465 e. The number of carbonyl (C=O) groups is 1. The summed E-state index contributed by atoms with van der Waals surface area (Å²) in [4.78, 5) is 11.3. The van der Waals surface area contributed by atoms with Gasteiger partial charge in [0.05, 0.1) is 6.54 Å². The summed E-state index contributed by atoms with van der Waals surface area (Å²) in [6.45, 7) is 1.77. The number of nitrogens with zero attached hydrogens (tertiary/aromatic N) is 4. The standard InChI is InChI=1S/C8H10N6O3/c1-5-2-8(12-17-5)16-4-7(15)9-3-6-10-13-14-11-6/h2H,3-4H2,1H3,(H,9,15)(H,10,11,13,14). The molecule has 9 heteroatoms. The molecule has 2 heterocycles. The van der Waals surface area contributed by atoms with Gasteiger partial charge in [-0.3, -0.25) is 4.79 Å². The summed E-state index contributed by atoms with van der Waals surface area (Å²) >= 11 is 0. The van der Waals surface area contributed by atoms with Crippen molar-refractivity contribution in [2.45, 2.75) is 13.5 Å². The average molecular weight is 238 g/mol. The van der Waals surface area contributed by atoms with Crippen LogP contribution in [0.15, 0.2) is 10.6 Å². The number of nitrogens with one attached hydrogen (secondary N) is 2. The van der Waals surface area contributed by atoms with E-state index in [2.05, 4.69) is 31.1 Å². The van der Waals surface area contributed by atoms with Gasteiger partial charge in [-0.15, -0.1) is 10.2 Å². The van der Waals surface area contributed by atoms with E-state index in [1.807, 2.05) is 0 Å². The smallest absolute Gasteiger partial charge is 0.258 e. The van der Waals surface area contributed by atoms with E-state index in [9.17, 15) is 4.79 Å². The summed E-state index contributed by atoms with van der Waals surface area (Å²) in [6.07, 6.45) is 0. The van der Waals surface area contributed by atoms with Gasteiger partial charge in [-0.1, -0.05) is 5.21 Å². The number of carbonyl (C=O) groups excluding carboxylic acids is 1. The van der Waals surface area contributed by atoms with E-state index in [0.29, 0.717) is 11.6 Å². The van der Waals surface area contributed by atoms with Crippen molar-refractivity contribution in [1.29, 1.82) is 0 Å². The van der Waals surface area contributed by atoms with Gasteiger partial charge < -0.3 is 14.6 Å². The lowest BCUT2D eigenvalue weighted by molar-refractivity contribution is -0.123. The molecule has 90 valence electrons. The number of aryl methyl sites for hydroxylation is 1. The Morgan fingerprint density at radius 1 is 1.65 bits per heavy atom. The molecule has 0 saturated carbocycles. The second-order valence-electron chi connectivity index (χ2n) is 3.17. The Kier molecular flexibility index (Phi) is 3.28. The summed E-state index contributed by atoms with van der Waals surface area (Å²) in [5.74, 6) is 0.982. The number of hydrogen-bond donors (Lipinski definition) is 2. The second-order valence-corrected chi connectivity index (χ2v) is 3.17. The van der Waals surface area contributed by atoms with Crippen molar-refractivity contribution in [3.63, 3.8) is 0 Å². The summed E-state index contributed by atoms with van der Waals surface area (Å²) < 4.78 is 9.85. The van der Waals surface area contributed by atoms with Crippen LogP contribution in [0, 0.1) is 6.92 Å². The summed E-state index contributed by atoms with van der Waals surface area (Å²) in [7, 11) is 0. The van der Waals surface area contributed by atoms with Crippen LogP contribution in [0.25, 0.3) is 0 Å². The minimum atomic E-state index is -0.310. The third-order valence-electron chi connectivity index (χ3n) is 1.79. The SMILES string of the molecule is Cc1cc(OCC(=O)NCc2nn[nH]n2)no1. The fourth-order valence-electron chi connectivity index (χ4n) is 1.04. The lowest BCUT2D eigenvalue weighted by Gasteiger charge is -2.02. The first-order chi connectivity index (χ1) is 8.24. The van der Waals surface area contributed by atoms with Gasteiger partial charge in [-0.05, 0) is 12.1 Å². The molecule has 0 radical (unpaired) electrons. The monoisotopic (exact) mass is 238 g/mol. The summed E-state index contributed by atoms with van der Waals surface area (Å²) in [5.41, 5.74) is 0. The van der Waals surface area contributed by atoms with Crippen LogP contribution >= 0.6 is 0 Å². The highest BCUT2D eigenvalue weighted by molar-refractivity contribution is 5.77. The Balaban J connectivity index is 1.71. The van der Waals surface area contributed by atoms with Crippen LogP contribution in [-0.4, -0.2) is 38.3 Å². The minimum absolute atomic E-state index is 0.149. The first-order valence-electron chi connectivity index (χ1n) is 4.79. The fraction of sp³-hybridized carbons (Fsp3) is 0.375. The molecule has 0 fully saturated rings. The van der Waals surface area contributed by atoms with Crippen LogP contribution in [0.4, 0.5) is 0 Å². The van der Waals surface area contributed by atoms with Crippen LogP contribution in [-0.2, 0) is 11.3 Å². The van der Waals surface area contributed by atoms with Gasteiger partial charge in [0.2, 0.25) is 0 Å². The van der Waals surface area contributed by atoms with Gasteiger partial charge in [0, 0.05) is 6.07 Å². The van der Waals surface area contributed by atoms with E-state index in [1.165, 1.54) is 0 Å². The quantitative estimate of drug-likeness (QED) is 0.699. The molecule has 2 aromatic heterocycles. The Bertz CT molecular complexity index is 479. The number of aromatic amines is 1. The maximum absolute atomic E-state index is 11.3. The lowest BCUT2D eigenvalue weighted by Crippen LogP contribution is -2.28. The van der Waals surface area contributed by atoms with Crippen molar-refractivity contribution < 1.29 is 14.1 Å². The van der Waals surface area contributed by atoms with Crippen molar-refractivity contribution in [3.8, 4) is 5.88 Å². The molecule has 0 aromatic carbocycles. The molecule has 0 aliphatic heterocycles. The molecule has 0 spiro atoms. The van der Waals surface area contributed by atoms with Crippen LogP contribution in [0.3, 0.4) is 0 Å². The topological polar surface area (TPSA) is 119 Å². The molecule has 2 N–H and O–H groups in total. The van der Waals surface area contributed by atoms with Gasteiger partial charge in [-0.25, -0.2) is 0 Å². The summed E-state index contributed by atoms with van der Waals surface area (Å²) in [5, 5.41) is 19.1. The molecule has 17 heavy (non-hydrogen) atoms. The molecule has 0 unspecified atom stereocenters.